The molecular formula is C49H29N3O. The first-order valence-corrected chi connectivity index (χ1v) is 17.9. The average Bonchev–Trinajstić information content (AvgIpc) is 3.62. The summed E-state index contributed by atoms with van der Waals surface area (Å²) in [4.78, 5) is 15.3. The Labute approximate surface area is 304 Å². The van der Waals surface area contributed by atoms with Gasteiger partial charge >= 0.3 is 0 Å². The SMILES string of the molecule is c1ccc(-c2nc(-c3ccc4ccccc4c3)nc(-c3cccc4oc5c(-c6ccc7ccc8ccc9ccccc9c8c7c6)cccc5c34)n2)cc1. The van der Waals surface area contributed by atoms with Crippen LogP contribution in [-0.4, -0.2) is 15.0 Å². The van der Waals surface area contributed by atoms with Crippen LogP contribution in [0, 0.1) is 0 Å². The van der Waals surface area contributed by atoms with E-state index in [1.54, 1.807) is 0 Å². The van der Waals surface area contributed by atoms with Crippen LogP contribution in [0.5, 0.6) is 0 Å². The van der Waals surface area contributed by atoms with Gasteiger partial charge in [0.15, 0.2) is 17.5 Å². The van der Waals surface area contributed by atoms with E-state index in [0.717, 1.165) is 55.1 Å². The minimum Gasteiger partial charge on any atom is -0.455 e. The number of rotatable bonds is 4. The van der Waals surface area contributed by atoms with Crippen molar-refractivity contribution in [3.05, 3.63) is 176 Å². The summed E-state index contributed by atoms with van der Waals surface area (Å²) in [6.45, 7) is 0. The first kappa shape index (κ1) is 29.5. The Balaban J connectivity index is 1.12. The van der Waals surface area contributed by atoms with E-state index in [4.69, 9.17) is 19.4 Å². The van der Waals surface area contributed by atoms with Crippen LogP contribution in [0.3, 0.4) is 0 Å². The molecule has 0 bridgehead atoms. The zero-order chi connectivity index (χ0) is 34.9. The van der Waals surface area contributed by atoms with E-state index < -0.39 is 0 Å². The van der Waals surface area contributed by atoms with Gasteiger partial charge in [0, 0.05) is 33.0 Å². The molecule has 0 aliphatic carbocycles. The molecule has 2 heterocycles. The number of nitrogens with zero attached hydrogens (tertiary/aromatic N) is 3. The van der Waals surface area contributed by atoms with Crippen LogP contribution in [0.1, 0.15) is 0 Å². The highest BCUT2D eigenvalue weighted by Crippen LogP contribution is 2.42. The number of aromatic nitrogens is 3. The van der Waals surface area contributed by atoms with Crippen molar-refractivity contribution in [2.24, 2.45) is 0 Å². The fourth-order valence-corrected chi connectivity index (χ4v) is 7.92. The summed E-state index contributed by atoms with van der Waals surface area (Å²) in [5, 5.41) is 11.8. The van der Waals surface area contributed by atoms with Crippen LogP contribution < -0.4 is 0 Å². The van der Waals surface area contributed by atoms with Crippen LogP contribution in [0.2, 0.25) is 0 Å². The Kier molecular flexibility index (Phi) is 6.52. The fraction of sp³-hybridized carbons (Fsp3) is 0. The van der Waals surface area contributed by atoms with E-state index >= 15 is 0 Å². The summed E-state index contributed by atoms with van der Waals surface area (Å²) in [5.74, 6) is 1.85. The molecule has 0 aliphatic heterocycles. The largest absolute Gasteiger partial charge is 0.455 e. The van der Waals surface area contributed by atoms with Gasteiger partial charge < -0.3 is 4.42 Å². The van der Waals surface area contributed by atoms with E-state index in [1.807, 2.05) is 42.5 Å². The molecule has 0 N–H and O–H groups in total. The van der Waals surface area contributed by atoms with Gasteiger partial charge in [-0.15, -0.1) is 0 Å². The van der Waals surface area contributed by atoms with Gasteiger partial charge in [-0.1, -0.05) is 158 Å². The van der Waals surface area contributed by atoms with E-state index in [0.29, 0.717) is 17.5 Å². The van der Waals surface area contributed by atoms with Crippen LogP contribution in [0.4, 0.5) is 0 Å². The molecule has 0 amide bonds. The van der Waals surface area contributed by atoms with Crippen LogP contribution in [0.15, 0.2) is 180 Å². The first-order valence-electron chi connectivity index (χ1n) is 17.9. The van der Waals surface area contributed by atoms with Crippen molar-refractivity contribution in [3.8, 4) is 45.3 Å². The molecule has 0 unspecified atom stereocenters. The maximum atomic E-state index is 6.78. The summed E-state index contributed by atoms with van der Waals surface area (Å²) in [7, 11) is 0. The Morgan fingerprint density at radius 2 is 0.925 bits per heavy atom. The predicted octanol–water partition coefficient (Wildman–Crippen LogP) is 13.1. The molecule has 0 saturated heterocycles. The van der Waals surface area contributed by atoms with E-state index in [2.05, 4.69) is 133 Å². The Bertz CT molecular complexity index is 3230. The number of hydrogen-bond donors (Lipinski definition) is 0. The lowest BCUT2D eigenvalue weighted by Crippen LogP contribution is -2.00. The van der Waals surface area contributed by atoms with Gasteiger partial charge in [-0.2, -0.15) is 0 Å². The minimum absolute atomic E-state index is 0.602. The standard InChI is InChI=1S/C49H29N3O/c1-2-12-34(13-3-1)47-50-48(37-27-20-30-10-4-5-14-35(30)28-37)52-49(51-47)41-18-9-19-43-45(41)40-17-8-16-39(46(40)53-43)36-26-23-32-22-25-33-24-21-31-11-6-7-15-38(31)44(33)42(32)29-36/h1-29H. The van der Waals surface area contributed by atoms with Gasteiger partial charge in [0.1, 0.15) is 11.2 Å². The van der Waals surface area contributed by atoms with Gasteiger partial charge in [-0.05, 0) is 66.9 Å². The molecule has 4 nitrogen and oxygen atoms in total. The molecule has 53 heavy (non-hydrogen) atoms. The Morgan fingerprint density at radius 1 is 0.321 bits per heavy atom. The minimum atomic E-state index is 0.602. The third-order valence-corrected chi connectivity index (χ3v) is 10.5. The van der Waals surface area contributed by atoms with Crippen molar-refractivity contribution in [2.45, 2.75) is 0 Å². The second-order valence-electron chi connectivity index (χ2n) is 13.6. The van der Waals surface area contributed by atoms with Crippen molar-refractivity contribution in [2.75, 3.05) is 0 Å². The molecule has 246 valence electrons. The lowest BCUT2D eigenvalue weighted by atomic mass is 9.93. The maximum Gasteiger partial charge on any atom is 0.164 e. The number of para-hydroxylation sites is 1. The van der Waals surface area contributed by atoms with Gasteiger partial charge in [0.25, 0.3) is 0 Å². The molecule has 0 saturated carbocycles. The Hall–Kier alpha value is -7.17. The third kappa shape index (κ3) is 4.80. The second kappa shape index (κ2) is 11.7. The van der Waals surface area contributed by atoms with Gasteiger partial charge in [0.2, 0.25) is 0 Å². The lowest BCUT2D eigenvalue weighted by molar-refractivity contribution is 0.670. The van der Waals surface area contributed by atoms with E-state index in [-0.39, 0.29) is 0 Å². The highest BCUT2D eigenvalue weighted by atomic mass is 16.3. The Morgan fingerprint density at radius 3 is 1.79 bits per heavy atom. The predicted molar refractivity (Wildman–Crippen MR) is 219 cm³/mol. The molecule has 0 radical (unpaired) electrons. The van der Waals surface area contributed by atoms with Crippen molar-refractivity contribution < 1.29 is 4.42 Å². The number of hydrogen-bond acceptors (Lipinski definition) is 4. The molecule has 9 aromatic carbocycles. The van der Waals surface area contributed by atoms with Crippen molar-refractivity contribution in [3.63, 3.8) is 0 Å². The second-order valence-corrected chi connectivity index (χ2v) is 13.6. The zero-order valence-electron chi connectivity index (χ0n) is 28.5. The molecule has 11 aromatic rings. The quantitative estimate of drug-likeness (QED) is 0.174. The van der Waals surface area contributed by atoms with Gasteiger partial charge in [-0.25, -0.2) is 15.0 Å². The monoisotopic (exact) mass is 675 g/mol. The smallest absolute Gasteiger partial charge is 0.164 e. The fourth-order valence-electron chi connectivity index (χ4n) is 7.92. The van der Waals surface area contributed by atoms with Crippen molar-refractivity contribution in [1.29, 1.82) is 0 Å². The number of furan rings is 1. The molecular weight excluding hydrogens is 647 g/mol. The van der Waals surface area contributed by atoms with E-state index in [1.165, 1.54) is 37.7 Å². The highest BCUT2D eigenvalue weighted by Gasteiger charge is 2.20. The summed E-state index contributed by atoms with van der Waals surface area (Å²) in [6, 6.07) is 61.6. The summed E-state index contributed by atoms with van der Waals surface area (Å²) in [5.41, 5.74) is 6.54. The van der Waals surface area contributed by atoms with Crippen LogP contribution in [-0.2, 0) is 0 Å². The lowest BCUT2D eigenvalue weighted by Gasteiger charge is -2.11. The molecule has 11 rings (SSSR count). The molecule has 0 atom stereocenters. The molecule has 0 aliphatic rings. The van der Waals surface area contributed by atoms with Crippen molar-refractivity contribution >= 4 is 65.0 Å². The average molecular weight is 676 g/mol. The first-order chi connectivity index (χ1) is 26.2. The molecule has 0 fully saturated rings. The number of fused-ring (bicyclic) bond motifs is 9. The van der Waals surface area contributed by atoms with E-state index in [9.17, 15) is 0 Å². The molecule has 4 heteroatoms. The maximum absolute atomic E-state index is 6.78. The summed E-state index contributed by atoms with van der Waals surface area (Å²) >= 11 is 0. The molecule has 0 spiro atoms. The van der Waals surface area contributed by atoms with Gasteiger partial charge in [-0.3, -0.25) is 0 Å². The van der Waals surface area contributed by atoms with Crippen LogP contribution in [0.25, 0.3) is 110 Å². The molecule has 2 aromatic heterocycles. The van der Waals surface area contributed by atoms with Crippen LogP contribution >= 0.6 is 0 Å². The summed E-state index contributed by atoms with van der Waals surface area (Å²) in [6.07, 6.45) is 0. The zero-order valence-corrected chi connectivity index (χ0v) is 28.5. The van der Waals surface area contributed by atoms with Crippen molar-refractivity contribution in [1.82, 2.24) is 15.0 Å². The normalized spacial score (nSPS) is 11.8. The number of benzene rings is 9. The topological polar surface area (TPSA) is 51.8 Å². The summed E-state index contributed by atoms with van der Waals surface area (Å²) < 4.78 is 6.78. The van der Waals surface area contributed by atoms with Gasteiger partial charge in [0.05, 0.1) is 0 Å². The highest BCUT2D eigenvalue weighted by molar-refractivity contribution is 6.21. The third-order valence-electron chi connectivity index (χ3n) is 10.5.